The summed E-state index contributed by atoms with van der Waals surface area (Å²) in [4.78, 5) is 5.00. The first-order chi connectivity index (χ1) is 13.9. The molecule has 0 saturated carbocycles. The van der Waals surface area contributed by atoms with Crippen LogP contribution in [0.2, 0.25) is 0 Å². The SMILES string of the molecule is c1cc(N2CCOCC2)ccc1CN1CCC[C@H]1c1ccc2c(c1)OCCO2. The molecular weight excluding hydrogens is 352 g/mol. The van der Waals surface area contributed by atoms with E-state index in [0.29, 0.717) is 19.3 Å². The van der Waals surface area contributed by atoms with Gasteiger partial charge in [-0.1, -0.05) is 18.2 Å². The van der Waals surface area contributed by atoms with Gasteiger partial charge in [-0.05, 0) is 54.8 Å². The van der Waals surface area contributed by atoms with Crippen molar-refractivity contribution in [2.24, 2.45) is 0 Å². The largest absolute Gasteiger partial charge is 0.486 e. The van der Waals surface area contributed by atoms with Crippen molar-refractivity contribution in [2.75, 3.05) is 51.0 Å². The third kappa shape index (κ3) is 3.69. The fourth-order valence-corrected chi connectivity index (χ4v) is 4.53. The standard InChI is InChI=1S/C23H28N2O3/c1-2-21(19-5-8-22-23(16-19)28-15-14-27-22)25(9-1)17-18-3-6-20(7-4-18)24-10-12-26-13-11-24/h3-8,16,21H,1-2,9-15,17H2/t21-/m0/s1. The van der Waals surface area contributed by atoms with Crippen LogP contribution in [-0.4, -0.2) is 51.0 Å². The molecule has 148 valence electrons. The summed E-state index contributed by atoms with van der Waals surface area (Å²) < 4.78 is 16.9. The third-order valence-corrected chi connectivity index (χ3v) is 6.01. The van der Waals surface area contributed by atoms with E-state index in [1.54, 1.807) is 0 Å². The van der Waals surface area contributed by atoms with Gasteiger partial charge in [0, 0.05) is 31.4 Å². The van der Waals surface area contributed by atoms with Gasteiger partial charge in [0.2, 0.25) is 0 Å². The highest BCUT2D eigenvalue weighted by atomic mass is 16.6. The van der Waals surface area contributed by atoms with Crippen molar-refractivity contribution in [1.29, 1.82) is 0 Å². The van der Waals surface area contributed by atoms with Crippen LogP contribution < -0.4 is 14.4 Å². The molecular formula is C23H28N2O3. The summed E-state index contributed by atoms with van der Waals surface area (Å²) in [7, 11) is 0. The lowest BCUT2D eigenvalue weighted by atomic mass is 10.0. The number of hydrogen-bond donors (Lipinski definition) is 0. The van der Waals surface area contributed by atoms with Crippen LogP contribution >= 0.6 is 0 Å². The molecule has 0 spiro atoms. The molecule has 5 nitrogen and oxygen atoms in total. The lowest BCUT2D eigenvalue weighted by Crippen LogP contribution is -2.36. The summed E-state index contributed by atoms with van der Waals surface area (Å²) in [6.07, 6.45) is 2.44. The maximum atomic E-state index is 5.79. The molecule has 5 heteroatoms. The molecule has 1 atom stereocenters. The smallest absolute Gasteiger partial charge is 0.161 e. The summed E-state index contributed by atoms with van der Waals surface area (Å²) >= 11 is 0. The summed E-state index contributed by atoms with van der Waals surface area (Å²) in [6, 6.07) is 16.0. The predicted octanol–water partition coefficient (Wildman–Crippen LogP) is 3.63. The number of hydrogen-bond acceptors (Lipinski definition) is 5. The van der Waals surface area contributed by atoms with E-state index in [1.807, 2.05) is 0 Å². The van der Waals surface area contributed by atoms with Crippen molar-refractivity contribution >= 4 is 5.69 Å². The quantitative estimate of drug-likeness (QED) is 0.809. The molecule has 0 aliphatic carbocycles. The summed E-state index contributed by atoms with van der Waals surface area (Å²) in [5, 5.41) is 0. The minimum atomic E-state index is 0.453. The molecule has 0 aromatic heterocycles. The van der Waals surface area contributed by atoms with Crippen molar-refractivity contribution in [1.82, 2.24) is 4.90 Å². The average Bonchev–Trinajstić information content (AvgIpc) is 3.23. The number of ether oxygens (including phenoxy) is 3. The molecule has 3 aliphatic rings. The first-order valence-corrected chi connectivity index (χ1v) is 10.4. The molecule has 2 fully saturated rings. The molecule has 0 bridgehead atoms. The number of anilines is 1. The second-order valence-electron chi connectivity index (χ2n) is 7.80. The maximum absolute atomic E-state index is 5.79. The number of nitrogens with zero attached hydrogens (tertiary/aromatic N) is 2. The van der Waals surface area contributed by atoms with E-state index in [1.165, 1.54) is 29.7 Å². The zero-order valence-corrected chi connectivity index (χ0v) is 16.3. The van der Waals surface area contributed by atoms with Crippen molar-refractivity contribution < 1.29 is 14.2 Å². The van der Waals surface area contributed by atoms with Crippen LogP contribution in [0.15, 0.2) is 42.5 Å². The molecule has 0 amide bonds. The highest BCUT2D eigenvalue weighted by Gasteiger charge is 2.27. The lowest BCUT2D eigenvalue weighted by molar-refractivity contribution is 0.122. The normalized spacial score (nSPS) is 22.4. The van der Waals surface area contributed by atoms with Gasteiger partial charge < -0.3 is 19.1 Å². The molecule has 2 saturated heterocycles. The van der Waals surface area contributed by atoms with E-state index >= 15 is 0 Å². The Morgan fingerprint density at radius 2 is 1.61 bits per heavy atom. The minimum Gasteiger partial charge on any atom is -0.486 e. The van der Waals surface area contributed by atoms with Gasteiger partial charge in [0.1, 0.15) is 13.2 Å². The van der Waals surface area contributed by atoms with E-state index in [9.17, 15) is 0 Å². The van der Waals surface area contributed by atoms with Crippen molar-refractivity contribution in [3.63, 3.8) is 0 Å². The average molecular weight is 380 g/mol. The number of rotatable bonds is 4. The van der Waals surface area contributed by atoms with E-state index in [0.717, 1.165) is 50.9 Å². The predicted molar refractivity (Wildman–Crippen MR) is 109 cm³/mol. The van der Waals surface area contributed by atoms with Crippen molar-refractivity contribution in [3.8, 4) is 11.5 Å². The molecule has 0 unspecified atom stereocenters. The van der Waals surface area contributed by atoms with Crippen LogP contribution in [0.1, 0.15) is 30.0 Å². The second kappa shape index (κ2) is 8.02. The van der Waals surface area contributed by atoms with Crippen molar-refractivity contribution in [2.45, 2.75) is 25.4 Å². The second-order valence-corrected chi connectivity index (χ2v) is 7.80. The van der Waals surface area contributed by atoms with Gasteiger partial charge in [-0.2, -0.15) is 0 Å². The highest BCUT2D eigenvalue weighted by Crippen LogP contribution is 2.38. The monoisotopic (exact) mass is 380 g/mol. The number of benzene rings is 2. The van der Waals surface area contributed by atoms with Crippen LogP contribution in [0.4, 0.5) is 5.69 Å². The third-order valence-electron chi connectivity index (χ3n) is 6.01. The summed E-state index contributed by atoms with van der Waals surface area (Å²) in [5.41, 5.74) is 4.02. The molecule has 0 radical (unpaired) electrons. The van der Waals surface area contributed by atoms with E-state index in [-0.39, 0.29) is 0 Å². The first kappa shape index (κ1) is 17.8. The van der Waals surface area contributed by atoms with Crippen molar-refractivity contribution in [3.05, 3.63) is 53.6 Å². The molecule has 2 aromatic rings. The van der Waals surface area contributed by atoms with Crippen LogP contribution in [0.5, 0.6) is 11.5 Å². The van der Waals surface area contributed by atoms with Gasteiger partial charge in [-0.15, -0.1) is 0 Å². The molecule has 2 aromatic carbocycles. The first-order valence-electron chi connectivity index (χ1n) is 10.4. The summed E-state index contributed by atoms with van der Waals surface area (Å²) in [5.74, 6) is 1.77. The Morgan fingerprint density at radius 3 is 2.43 bits per heavy atom. The Morgan fingerprint density at radius 1 is 0.821 bits per heavy atom. The van der Waals surface area contributed by atoms with Gasteiger partial charge in [0.15, 0.2) is 11.5 Å². The Labute approximate surface area is 166 Å². The Kier molecular flexibility index (Phi) is 5.10. The molecule has 28 heavy (non-hydrogen) atoms. The zero-order chi connectivity index (χ0) is 18.8. The van der Waals surface area contributed by atoms with Crippen LogP contribution in [-0.2, 0) is 11.3 Å². The fraction of sp³-hybridized carbons (Fsp3) is 0.478. The van der Waals surface area contributed by atoms with Crippen LogP contribution in [0, 0.1) is 0 Å². The van der Waals surface area contributed by atoms with Gasteiger partial charge in [-0.25, -0.2) is 0 Å². The molecule has 3 heterocycles. The fourth-order valence-electron chi connectivity index (χ4n) is 4.53. The Bertz CT molecular complexity index is 802. The van der Waals surface area contributed by atoms with Gasteiger partial charge in [0.25, 0.3) is 0 Å². The Hall–Kier alpha value is -2.24. The van der Waals surface area contributed by atoms with Gasteiger partial charge in [0.05, 0.1) is 13.2 Å². The van der Waals surface area contributed by atoms with Gasteiger partial charge in [-0.3, -0.25) is 4.90 Å². The van der Waals surface area contributed by atoms with Gasteiger partial charge >= 0.3 is 0 Å². The topological polar surface area (TPSA) is 34.2 Å². The number of likely N-dealkylation sites (tertiary alicyclic amines) is 1. The van der Waals surface area contributed by atoms with E-state index < -0.39 is 0 Å². The number of morpholine rings is 1. The summed E-state index contributed by atoms with van der Waals surface area (Å²) in [6.45, 7) is 7.03. The minimum absolute atomic E-state index is 0.453. The lowest BCUT2D eigenvalue weighted by Gasteiger charge is -2.29. The van der Waals surface area contributed by atoms with Crippen LogP contribution in [0.3, 0.4) is 0 Å². The zero-order valence-electron chi connectivity index (χ0n) is 16.3. The molecule has 3 aliphatic heterocycles. The van der Waals surface area contributed by atoms with E-state index in [4.69, 9.17) is 14.2 Å². The Balaban J connectivity index is 1.28. The maximum Gasteiger partial charge on any atom is 0.161 e. The number of fused-ring (bicyclic) bond motifs is 1. The molecule has 5 rings (SSSR count). The van der Waals surface area contributed by atoms with Crippen LogP contribution in [0.25, 0.3) is 0 Å². The highest BCUT2D eigenvalue weighted by molar-refractivity contribution is 5.48. The van der Waals surface area contributed by atoms with E-state index in [2.05, 4.69) is 52.3 Å². The molecule has 0 N–H and O–H groups in total.